The van der Waals surface area contributed by atoms with Crippen LogP contribution in [0.3, 0.4) is 0 Å². The van der Waals surface area contributed by atoms with E-state index in [4.69, 9.17) is 4.74 Å². The Morgan fingerprint density at radius 2 is 2.10 bits per heavy atom. The monoisotopic (exact) mass is 318 g/mol. The molecule has 1 rings (SSSR count). The topological polar surface area (TPSA) is 85.2 Å². The molecule has 0 aromatic carbocycles. The van der Waals surface area contributed by atoms with E-state index in [0.29, 0.717) is 19.7 Å². The molecule has 1 heterocycles. The zero-order chi connectivity index (χ0) is 15.6. The summed E-state index contributed by atoms with van der Waals surface area (Å²) in [6, 6.07) is 0. The highest BCUT2D eigenvalue weighted by atomic mass is 32.2. The number of nitrogens with zero attached hydrogens (tertiary/aromatic N) is 2. The zero-order valence-corrected chi connectivity index (χ0v) is 13.7. The van der Waals surface area contributed by atoms with E-state index in [-0.39, 0.29) is 4.90 Å². The van der Waals surface area contributed by atoms with Gasteiger partial charge in [0.25, 0.3) is 0 Å². The number of methoxy groups -OCH3 is 1. The maximum Gasteiger partial charge on any atom is 0.243 e. The van der Waals surface area contributed by atoms with Gasteiger partial charge in [0.15, 0.2) is 0 Å². The average molecular weight is 318 g/mol. The van der Waals surface area contributed by atoms with E-state index in [9.17, 15) is 8.42 Å². The smallest absolute Gasteiger partial charge is 0.243 e. The minimum Gasteiger partial charge on any atom is -0.385 e. The highest BCUT2D eigenvalue weighted by Gasteiger charge is 2.15. The van der Waals surface area contributed by atoms with Gasteiger partial charge in [-0.1, -0.05) is 6.92 Å². The Morgan fingerprint density at radius 1 is 1.29 bits per heavy atom. The molecule has 1 aromatic heterocycles. The van der Waals surface area contributed by atoms with Crippen molar-refractivity contribution in [3.63, 3.8) is 0 Å². The molecule has 0 saturated heterocycles. The molecule has 1 aromatic rings. The number of hydrogen-bond donors (Lipinski definition) is 2. The second kappa shape index (κ2) is 9.88. The van der Waals surface area contributed by atoms with Crippen LogP contribution in [-0.4, -0.2) is 51.5 Å². The Bertz CT molecular complexity index is 487. The van der Waals surface area contributed by atoms with Crippen LogP contribution in [0.2, 0.25) is 0 Å². The van der Waals surface area contributed by atoms with Crippen molar-refractivity contribution in [1.82, 2.24) is 19.8 Å². The van der Waals surface area contributed by atoms with Gasteiger partial charge in [-0.2, -0.15) is 5.10 Å². The standard InChI is InChI=1S/C13H26N4O3S/c1-3-14-8-9-17-12-13(11-15-17)21(18,19)16-7-5-4-6-10-20-2/h11-12,14,16H,3-10H2,1-2H3. The van der Waals surface area contributed by atoms with E-state index >= 15 is 0 Å². The largest absolute Gasteiger partial charge is 0.385 e. The number of unbranched alkanes of at least 4 members (excludes halogenated alkanes) is 2. The molecule has 0 atom stereocenters. The van der Waals surface area contributed by atoms with Crippen LogP contribution < -0.4 is 10.0 Å². The summed E-state index contributed by atoms with van der Waals surface area (Å²) in [7, 11) is -1.78. The summed E-state index contributed by atoms with van der Waals surface area (Å²) in [5.74, 6) is 0. The molecule has 0 amide bonds. The van der Waals surface area contributed by atoms with Crippen LogP contribution >= 0.6 is 0 Å². The fourth-order valence-electron chi connectivity index (χ4n) is 1.81. The summed E-state index contributed by atoms with van der Waals surface area (Å²) < 4.78 is 33.3. The van der Waals surface area contributed by atoms with Crippen molar-refractivity contribution in [2.24, 2.45) is 0 Å². The van der Waals surface area contributed by atoms with Crippen LogP contribution in [0, 0.1) is 0 Å². The van der Waals surface area contributed by atoms with Crippen LogP contribution in [0.4, 0.5) is 0 Å². The van der Waals surface area contributed by atoms with Crippen molar-refractivity contribution in [1.29, 1.82) is 0 Å². The minimum atomic E-state index is -3.45. The third kappa shape index (κ3) is 7.03. The molecule has 0 aliphatic rings. The SMILES string of the molecule is CCNCCn1cc(S(=O)(=O)NCCCCCOC)cn1. The van der Waals surface area contributed by atoms with Gasteiger partial charge in [0, 0.05) is 33.0 Å². The van der Waals surface area contributed by atoms with Crippen LogP contribution in [0.15, 0.2) is 17.3 Å². The summed E-state index contributed by atoms with van der Waals surface area (Å²) in [6.45, 7) is 5.48. The Hall–Kier alpha value is -0.960. The van der Waals surface area contributed by atoms with Gasteiger partial charge in [0.2, 0.25) is 10.0 Å². The Kier molecular flexibility index (Phi) is 8.51. The molecular formula is C13H26N4O3S. The summed E-state index contributed by atoms with van der Waals surface area (Å²) >= 11 is 0. The molecule has 0 bridgehead atoms. The van der Waals surface area contributed by atoms with Gasteiger partial charge in [0.1, 0.15) is 4.90 Å². The number of aromatic nitrogens is 2. The van der Waals surface area contributed by atoms with Crippen molar-refractivity contribution >= 4 is 10.0 Å². The second-order valence-corrected chi connectivity index (χ2v) is 6.51. The normalized spacial score (nSPS) is 11.9. The van der Waals surface area contributed by atoms with Gasteiger partial charge in [-0.15, -0.1) is 0 Å². The van der Waals surface area contributed by atoms with Crippen LogP contribution in [0.1, 0.15) is 26.2 Å². The number of hydrogen-bond acceptors (Lipinski definition) is 5. The number of sulfonamides is 1. The van der Waals surface area contributed by atoms with Gasteiger partial charge >= 0.3 is 0 Å². The van der Waals surface area contributed by atoms with E-state index in [1.165, 1.54) is 6.20 Å². The summed E-state index contributed by atoms with van der Waals surface area (Å²) in [5.41, 5.74) is 0. The second-order valence-electron chi connectivity index (χ2n) is 4.74. The molecule has 2 N–H and O–H groups in total. The molecule has 8 heteroatoms. The van der Waals surface area contributed by atoms with E-state index in [2.05, 4.69) is 15.1 Å². The zero-order valence-electron chi connectivity index (χ0n) is 12.8. The average Bonchev–Trinajstić information content (AvgIpc) is 2.93. The molecule has 7 nitrogen and oxygen atoms in total. The predicted molar refractivity (Wildman–Crippen MR) is 81.7 cm³/mol. The number of nitrogens with one attached hydrogen (secondary N) is 2. The molecule has 0 fully saturated rings. The van der Waals surface area contributed by atoms with Gasteiger partial charge in [-0.05, 0) is 25.8 Å². The predicted octanol–water partition coefficient (Wildman–Crippen LogP) is 0.588. The Morgan fingerprint density at radius 3 is 2.81 bits per heavy atom. The van der Waals surface area contributed by atoms with E-state index in [1.54, 1.807) is 18.0 Å². The quantitative estimate of drug-likeness (QED) is 0.551. The maximum atomic E-state index is 12.1. The van der Waals surface area contributed by atoms with E-state index in [0.717, 1.165) is 32.4 Å². The summed E-state index contributed by atoms with van der Waals surface area (Å²) in [4.78, 5) is 0.218. The molecule has 0 aliphatic carbocycles. The first-order valence-electron chi connectivity index (χ1n) is 7.32. The van der Waals surface area contributed by atoms with Crippen LogP contribution in [0.5, 0.6) is 0 Å². The van der Waals surface area contributed by atoms with Crippen molar-refractivity contribution in [2.45, 2.75) is 37.6 Å². The van der Waals surface area contributed by atoms with Gasteiger partial charge < -0.3 is 10.1 Å². The fourth-order valence-corrected chi connectivity index (χ4v) is 2.84. The molecular weight excluding hydrogens is 292 g/mol. The minimum absolute atomic E-state index is 0.218. The highest BCUT2D eigenvalue weighted by Crippen LogP contribution is 2.07. The molecule has 0 saturated carbocycles. The Balaban J connectivity index is 2.36. The molecule has 21 heavy (non-hydrogen) atoms. The lowest BCUT2D eigenvalue weighted by Gasteiger charge is -2.04. The summed E-state index contributed by atoms with van der Waals surface area (Å²) in [5, 5.41) is 7.23. The first kappa shape index (κ1) is 18.1. The third-order valence-electron chi connectivity index (χ3n) is 3.00. The molecule has 122 valence electrons. The van der Waals surface area contributed by atoms with Crippen molar-refractivity contribution in [3.8, 4) is 0 Å². The number of rotatable bonds is 12. The lowest BCUT2D eigenvalue weighted by atomic mass is 10.2. The lowest BCUT2D eigenvalue weighted by molar-refractivity contribution is 0.192. The molecule has 0 aliphatic heterocycles. The van der Waals surface area contributed by atoms with Gasteiger partial charge in [-0.3, -0.25) is 4.68 Å². The van der Waals surface area contributed by atoms with Crippen LogP contribution in [-0.2, 0) is 21.3 Å². The summed E-state index contributed by atoms with van der Waals surface area (Å²) in [6.07, 6.45) is 5.64. The first-order chi connectivity index (χ1) is 10.1. The number of likely N-dealkylation sites (N-methyl/N-ethyl adjacent to an activating group) is 1. The molecule has 0 radical (unpaired) electrons. The third-order valence-corrected chi connectivity index (χ3v) is 4.42. The van der Waals surface area contributed by atoms with Gasteiger partial charge in [-0.25, -0.2) is 13.1 Å². The van der Waals surface area contributed by atoms with E-state index < -0.39 is 10.0 Å². The highest BCUT2D eigenvalue weighted by molar-refractivity contribution is 7.89. The first-order valence-corrected chi connectivity index (χ1v) is 8.80. The molecule has 0 spiro atoms. The van der Waals surface area contributed by atoms with Crippen molar-refractivity contribution in [3.05, 3.63) is 12.4 Å². The van der Waals surface area contributed by atoms with Gasteiger partial charge in [0.05, 0.1) is 12.7 Å². The van der Waals surface area contributed by atoms with Crippen LogP contribution in [0.25, 0.3) is 0 Å². The Labute approximate surface area is 127 Å². The molecule has 0 unspecified atom stereocenters. The van der Waals surface area contributed by atoms with E-state index in [1.807, 2.05) is 6.92 Å². The lowest BCUT2D eigenvalue weighted by Crippen LogP contribution is -2.24. The fraction of sp³-hybridized carbons (Fsp3) is 0.769. The van der Waals surface area contributed by atoms with Crippen molar-refractivity contribution < 1.29 is 13.2 Å². The maximum absolute atomic E-state index is 12.1. The van der Waals surface area contributed by atoms with Crippen molar-refractivity contribution in [2.75, 3.05) is 33.4 Å². The number of ether oxygens (including phenoxy) is 1.